The SMILES string of the molecule is CCOc1ccc2nc(N3C(=O)C(=O)C(=C(O)c4ccc(F)cc4)[C@@H]3c3cccc(OC)c3OC)sc2c1. The number of aliphatic hydroxyl groups excluding tert-OH is 1. The highest BCUT2D eigenvalue weighted by Crippen LogP contribution is 2.48. The number of carbonyl (C=O) groups is 2. The average Bonchev–Trinajstić information content (AvgIpc) is 3.45. The van der Waals surface area contributed by atoms with Crippen LogP contribution in [-0.2, 0) is 9.59 Å². The van der Waals surface area contributed by atoms with Crippen molar-refractivity contribution in [1.82, 2.24) is 4.98 Å². The lowest BCUT2D eigenvalue weighted by Crippen LogP contribution is -2.29. The molecular weight excluding hydrogens is 511 g/mol. The van der Waals surface area contributed by atoms with E-state index in [2.05, 4.69) is 4.98 Å². The number of anilines is 1. The molecule has 1 aliphatic heterocycles. The highest BCUT2D eigenvalue weighted by atomic mass is 32.1. The topological polar surface area (TPSA) is 98.2 Å². The minimum absolute atomic E-state index is 0.178. The number of Topliss-reactive ketones (excluding diaryl/α,β-unsaturated/α-hetero) is 1. The van der Waals surface area contributed by atoms with Crippen molar-refractivity contribution in [3.63, 3.8) is 0 Å². The number of fused-ring (bicyclic) bond motifs is 1. The summed E-state index contributed by atoms with van der Waals surface area (Å²) in [6.45, 7) is 2.37. The van der Waals surface area contributed by atoms with Crippen molar-refractivity contribution in [1.29, 1.82) is 0 Å². The fourth-order valence-electron chi connectivity index (χ4n) is 4.47. The minimum atomic E-state index is -1.10. The van der Waals surface area contributed by atoms with Crippen LogP contribution in [0, 0.1) is 5.82 Å². The third-order valence-electron chi connectivity index (χ3n) is 6.16. The average molecular weight is 535 g/mol. The lowest BCUT2D eigenvalue weighted by Gasteiger charge is -2.25. The molecule has 1 aromatic heterocycles. The van der Waals surface area contributed by atoms with E-state index in [1.807, 2.05) is 13.0 Å². The van der Waals surface area contributed by atoms with Crippen LogP contribution in [0.1, 0.15) is 24.1 Å². The van der Waals surface area contributed by atoms with Gasteiger partial charge in [-0.2, -0.15) is 0 Å². The first-order chi connectivity index (χ1) is 18.4. The first-order valence-corrected chi connectivity index (χ1v) is 12.5. The molecule has 4 aromatic rings. The van der Waals surface area contributed by atoms with Crippen molar-refractivity contribution < 1.29 is 33.3 Å². The summed E-state index contributed by atoms with van der Waals surface area (Å²) in [5.41, 5.74) is 1.03. The number of hydrogen-bond acceptors (Lipinski definition) is 8. The van der Waals surface area contributed by atoms with Gasteiger partial charge >= 0.3 is 5.91 Å². The summed E-state index contributed by atoms with van der Waals surface area (Å²) in [6, 6.07) is 14.3. The van der Waals surface area contributed by atoms with E-state index in [1.54, 1.807) is 30.3 Å². The maximum Gasteiger partial charge on any atom is 0.301 e. The van der Waals surface area contributed by atoms with E-state index < -0.39 is 29.3 Å². The molecule has 0 radical (unpaired) electrons. The van der Waals surface area contributed by atoms with E-state index in [0.29, 0.717) is 29.2 Å². The summed E-state index contributed by atoms with van der Waals surface area (Å²) in [5, 5.41) is 11.5. The fraction of sp³-hybridized carbons (Fsp3) is 0.179. The highest BCUT2D eigenvalue weighted by Gasteiger charge is 2.49. The molecule has 0 unspecified atom stereocenters. The number of benzene rings is 3. The van der Waals surface area contributed by atoms with E-state index in [1.165, 1.54) is 42.6 Å². The second-order valence-corrected chi connectivity index (χ2v) is 9.33. The predicted octanol–water partition coefficient (Wildman–Crippen LogP) is 5.48. The Labute approximate surface area is 221 Å². The maximum atomic E-state index is 13.6. The summed E-state index contributed by atoms with van der Waals surface area (Å²) < 4.78 is 31.0. The number of halogens is 1. The fourth-order valence-corrected chi connectivity index (χ4v) is 5.49. The molecule has 5 rings (SSSR count). The lowest BCUT2D eigenvalue weighted by atomic mass is 9.94. The number of ketones is 1. The second-order valence-electron chi connectivity index (χ2n) is 8.32. The van der Waals surface area contributed by atoms with Crippen LogP contribution >= 0.6 is 11.3 Å². The number of amides is 1. The van der Waals surface area contributed by atoms with Crippen molar-refractivity contribution >= 4 is 44.1 Å². The van der Waals surface area contributed by atoms with Crippen LogP contribution in [0.2, 0.25) is 0 Å². The van der Waals surface area contributed by atoms with E-state index in [0.717, 1.165) is 16.8 Å². The summed E-state index contributed by atoms with van der Waals surface area (Å²) in [7, 11) is 2.92. The van der Waals surface area contributed by atoms with Crippen LogP contribution in [0.4, 0.5) is 9.52 Å². The maximum absolute atomic E-state index is 13.6. The number of aliphatic hydroxyl groups is 1. The van der Waals surface area contributed by atoms with Gasteiger partial charge in [0, 0.05) is 11.1 Å². The molecule has 8 nitrogen and oxygen atoms in total. The number of carbonyl (C=O) groups excluding carboxylic acids is 2. The molecule has 0 bridgehead atoms. The molecule has 194 valence electrons. The summed E-state index contributed by atoms with van der Waals surface area (Å²) in [6.07, 6.45) is 0. The summed E-state index contributed by atoms with van der Waals surface area (Å²) in [5.74, 6) is -1.41. The van der Waals surface area contributed by atoms with Crippen LogP contribution in [0.15, 0.2) is 66.2 Å². The van der Waals surface area contributed by atoms with Crippen LogP contribution in [0.5, 0.6) is 17.2 Å². The van der Waals surface area contributed by atoms with Crippen molar-refractivity contribution in [2.75, 3.05) is 25.7 Å². The molecule has 2 heterocycles. The van der Waals surface area contributed by atoms with Crippen LogP contribution in [0.3, 0.4) is 0 Å². The van der Waals surface area contributed by atoms with E-state index in [4.69, 9.17) is 14.2 Å². The van der Waals surface area contributed by atoms with Gasteiger partial charge in [-0.05, 0) is 55.5 Å². The second kappa shape index (κ2) is 10.1. The zero-order chi connectivity index (χ0) is 27.0. The van der Waals surface area contributed by atoms with Crippen LogP contribution in [-0.4, -0.2) is 42.6 Å². The monoisotopic (exact) mass is 534 g/mol. The Kier molecular flexibility index (Phi) is 6.73. The Bertz CT molecular complexity index is 1580. The van der Waals surface area contributed by atoms with Gasteiger partial charge in [-0.25, -0.2) is 9.37 Å². The number of hydrogen-bond donors (Lipinski definition) is 1. The van der Waals surface area contributed by atoms with Crippen LogP contribution < -0.4 is 19.1 Å². The van der Waals surface area contributed by atoms with Gasteiger partial charge in [0.15, 0.2) is 16.6 Å². The number of methoxy groups -OCH3 is 2. The van der Waals surface area contributed by atoms with Gasteiger partial charge in [0.2, 0.25) is 0 Å². The van der Waals surface area contributed by atoms with E-state index >= 15 is 0 Å². The molecule has 3 aromatic carbocycles. The highest BCUT2D eigenvalue weighted by molar-refractivity contribution is 7.22. The largest absolute Gasteiger partial charge is 0.507 e. The number of ether oxygens (including phenoxy) is 3. The number of rotatable bonds is 7. The normalized spacial score (nSPS) is 16.7. The molecule has 10 heteroatoms. The molecule has 1 N–H and O–H groups in total. The Morgan fingerprint density at radius 3 is 2.53 bits per heavy atom. The lowest BCUT2D eigenvalue weighted by molar-refractivity contribution is -0.132. The predicted molar refractivity (Wildman–Crippen MR) is 142 cm³/mol. The Balaban J connectivity index is 1.75. The molecule has 0 aliphatic carbocycles. The van der Waals surface area contributed by atoms with Gasteiger partial charge in [-0.3, -0.25) is 14.5 Å². The van der Waals surface area contributed by atoms with Crippen LogP contribution in [0.25, 0.3) is 16.0 Å². The molecule has 38 heavy (non-hydrogen) atoms. The molecule has 0 spiro atoms. The quantitative estimate of drug-likeness (QED) is 0.191. The molecule has 1 fully saturated rings. The Hall–Kier alpha value is -4.44. The number of thiazole rings is 1. The first-order valence-electron chi connectivity index (χ1n) is 11.7. The minimum Gasteiger partial charge on any atom is -0.507 e. The number of aromatic nitrogens is 1. The third kappa shape index (κ3) is 4.22. The van der Waals surface area contributed by atoms with Gasteiger partial charge in [-0.15, -0.1) is 0 Å². The van der Waals surface area contributed by atoms with Gasteiger partial charge in [0.05, 0.1) is 36.6 Å². The van der Waals surface area contributed by atoms with Gasteiger partial charge in [0.1, 0.15) is 23.4 Å². The Morgan fingerprint density at radius 1 is 1.08 bits per heavy atom. The summed E-state index contributed by atoms with van der Waals surface area (Å²) in [4.78, 5) is 32.9. The standard InChI is InChI=1S/C28H23FN2O6S/c1-4-37-17-12-13-19-21(14-17)38-28(30-19)31-23(18-6-5-7-20(35-2)26(18)36-3)22(25(33)27(31)34)24(32)15-8-10-16(29)11-9-15/h5-14,23,32H,4H2,1-3H3/t23-/m0/s1. The van der Waals surface area contributed by atoms with Gasteiger partial charge in [-0.1, -0.05) is 23.5 Å². The molecule has 1 saturated heterocycles. The van der Waals surface area contributed by atoms with Crippen molar-refractivity contribution in [2.24, 2.45) is 0 Å². The van der Waals surface area contributed by atoms with E-state index in [-0.39, 0.29) is 22.0 Å². The molecule has 1 atom stereocenters. The molecular formula is C28H23FN2O6S. The van der Waals surface area contributed by atoms with Crippen molar-refractivity contribution in [3.8, 4) is 17.2 Å². The Morgan fingerprint density at radius 2 is 1.84 bits per heavy atom. The van der Waals surface area contributed by atoms with Gasteiger partial charge < -0.3 is 19.3 Å². The molecule has 1 aliphatic rings. The van der Waals surface area contributed by atoms with Crippen molar-refractivity contribution in [2.45, 2.75) is 13.0 Å². The smallest absolute Gasteiger partial charge is 0.301 e. The molecule has 1 amide bonds. The number of nitrogens with zero attached hydrogens (tertiary/aromatic N) is 2. The summed E-state index contributed by atoms with van der Waals surface area (Å²) >= 11 is 1.21. The zero-order valence-corrected chi connectivity index (χ0v) is 21.5. The van der Waals surface area contributed by atoms with Gasteiger partial charge in [0.25, 0.3) is 5.78 Å². The first kappa shape index (κ1) is 25.2. The number of para-hydroxylation sites is 1. The zero-order valence-electron chi connectivity index (χ0n) is 20.7. The van der Waals surface area contributed by atoms with Crippen molar-refractivity contribution in [3.05, 3.63) is 83.2 Å². The van der Waals surface area contributed by atoms with E-state index in [9.17, 15) is 19.1 Å². The third-order valence-corrected chi connectivity index (χ3v) is 7.17. The molecule has 0 saturated carbocycles.